The number of nitrogens with one attached hydrogen (secondary N) is 1. The molecule has 1 atom stereocenters. The van der Waals surface area contributed by atoms with Gasteiger partial charge in [0.1, 0.15) is 12.1 Å². The van der Waals surface area contributed by atoms with Crippen molar-refractivity contribution in [3.63, 3.8) is 0 Å². The van der Waals surface area contributed by atoms with Crippen molar-refractivity contribution in [2.75, 3.05) is 12.0 Å². The summed E-state index contributed by atoms with van der Waals surface area (Å²) in [5, 5.41) is 1.43. The summed E-state index contributed by atoms with van der Waals surface area (Å²) >= 11 is 5.43. The molecule has 0 spiro atoms. The highest BCUT2D eigenvalue weighted by Crippen LogP contribution is 2.14. The number of halogens is 2. The third kappa shape index (κ3) is 2.70. The molecule has 76 valence electrons. The Labute approximate surface area is 87.1 Å². The summed E-state index contributed by atoms with van der Waals surface area (Å²) in [4.78, 5) is 11.2. The largest absolute Gasteiger partial charge is 0.324 e. The van der Waals surface area contributed by atoms with Gasteiger partial charge in [0.05, 0.1) is 0 Å². The van der Waals surface area contributed by atoms with E-state index in [0.717, 1.165) is 5.56 Å². The molecule has 1 N–H and O–H groups in total. The van der Waals surface area contributed by atoms with Crippen molar-refractivity contribution in [3.8, 4) is 0 Å². The summed E-state index contributed by atoms with van der Waals surface area (Å²) in [6.07, 6.45) is 0. The molecule has 0 heterocycles. The second-order valence-electron chi connectivity index (χ2n) is 2.93. The number of amides is 1. The Kier molecular flexibility index (Phi) is 3.89. The molecule has 0 aromatic heterocycles. The minimum Gasteiger partial charge on any atom is -0.324 e. The molecule has 4 heteroatoms. The highest BCUT2D eigenvalue weighted by atomic mass is 35.5. The van der Waals surface area contributed by atoms with E-state index < -0.39 is 18.0 Å². The first-order valence-corrected chi connectivity index (χ1v) is 4.65. The SMILES string of the molecule is Cc1ccccc1NC(=O)C(Cl)CF. The van der Waals surface area contributed by atoms with Gasteiger partial charge in [0.25, 0.3) is 0 Å². The van der Waals surface area contributed by atoms with Gasteiger partial charge >= 0.3 is 0 Å². The molecule has 0 saturated carbocycles. The van der Waals surface area contributed by atoms with E-state index in [1.165, 1.54) is 0 Å². The maximum Gasteiger partial charge on any atom is 0.245 e. The fraction of sp³-hybridized carbons (Fsp3) is 0.300. The third-order valence-corrected chi connectivity index (χ3v) is 2.14. The van der Waals surface area contributed by atoms with Crippen molar-refractivity contribution in [3.05, 3.63) is 29.8 Å². The van der Waals surface area contributed by atoms with E-state index in [1.807, 2.05) is 19.1 Å². The van der Waals surface area contributed by atoms with Gasteiger partial charge in [-0.05, 0) is 18.6 Å². The lowest BCUT2D eigenvalue weighted by atomic mass is 10.2. The fourth-order valence-corrected chi connectivity index (χ4v) is 1.05. The normalized spacial score (nSPS) is 12.2. The molecule has 1 rings (SSSR count). The van der Waals surface area contributed by atoms with Gasteiger partial charge < -0.3 is 5.32 Å². The predicted molar refractivity (Wildman–Crippen MR) is 55.4 cm³/mol. The van der Waals surface area contributed by atoms with Crippen LogP contribution in [0, 0.1) is 6.92 Å². The van der Waals surface area contributed by atoms with Crippen LogP contribution in [0.5, 0.6) is 0 Å². The number of carbonyl (C=O) groups is 1. The molecule has 0 aliphatic carbocycles. The summed E-state index contributed by atoms with van der Waals surface area (Å²) in [5.41, 5.74) is 1.58. The lowest BCUT2D eigenvalue weighted by Gasteiger charge is -2.09. The second kappa shape index (κ2) is 4.96. The Bertz CT molecular complexity index is 330. The van der Waals surface area contributed by atoms with E-state index in [-0.39, 0.29) is 0 Å². The monoisotopic (exact) mass is 215 g/mol. The number of carbonyl (C=O) groups excluding carboxylic acids is 1. The zero-order chi connectivity index (χ0) is 10.6. The molecule has 0 aliphatic rings. The van der Waals surface area contributed by atoms with Crippen LogP contribution in [0.4, 0.5) is 10.1 Å². The fourth-order valence-electron chi connectivity index (χ4n) is 0.994. The molecule has 1 aromatic rings. The zero-order valence-corrected chi connectivity index (χ0v) is 8.51. The van der Waals surface area contributed by atoms with E-state index in [0.29, 0.717) is 5.69 Å². The van der Waals surface area contributed by atoms with E-state index in [2.05, 4.69) is 5.32 Å². The van der Waals surface area contributed by atoms with E-state index >= 15 is 0 Å². The Morgan fingerprint density at radius 2 is 2.21 bits per heavy atom. The Balaban J connectivity index is 2.70. The molecule has 0 saturated heterocycles. The van der Waals surface area contributed by atoms with Crippen molar-refractivity contribution in [1.29, 1.82) is 0 Å². The number of anilines is 1. The summed E-state index contributed by atoms with van der Waals surface area (Å²) in [6, 6.07) is 7.25. The molecule has 0 radical (unpaired) electrons. The van der Waals surface area contributed by atoms with Crippen LogP contribution in [0.2, 0.25) is 0 Å². The molecule has 0 bridgehead atoms. The number of alkyl halides is 2. The van der Waals surface area contributed by atoms with Gasteiger partial charge in [-0.15, -0.1) is 11.6 Å². The average molecular weight is 216 g/mol. The lowest BCUT2D eigenvalue weighted by molar-refractivity contribution is -0.116. The number of hydrogen-bond acceptors (Lipinski definition) is 1. The Morgan fingerprint density at radius 1 is 1.57 bits per heavy atom. The predicted octanol–water partition coefficient (Wildman–Crippen LogP) is 2.51. The number of rotatable bonds is 3. The molecule has 1 aromatic carbocycles. The molecule has 1 unspecified atom stereocenters. The highest BCUT2D eigenvalue weighted by molar-refractivity contribution is 6.32. The van der Waals surface area contributed by atoms with Crippen molar-refractivity contribution in [1.82, 2.24) is 0 Å². The number of aryl methyl sites for hydroxylation is 1. The van der Waals surface area contributed by atoms with Gasteiger partial charge in [-0.1, -0.05) is 18.2 Å². The van der Waals surface area contributed by atoms with Crippen molar-refractivity contribution in [2.24, 2.45) is 0 Å². The highest BCUT2D eigenvalue weighted by Gasteiger charge is 2.15. The van der Waals surface area contributed by atoms with Crippen LogP contribution in [0.15, 0.2) is 24.3 Å². The maximum absolute atomic E-state index is 12.0. The lowest BCUT2D eigenvalue weighted by Crippen LogP contribution is -2.25. The van der Waals surface area contributed by atoms with Crippen LogP contribution in [-0.4, -0.2) is 18.0 Å². The van der Waals surface area contributed by atoms with Gasteiger partial charge in [0, 0.05) is 5.69 Å². The van der Waals surface area contributed by atoms with Crippen molar-refractivity contribution in [2.45, 2.75) is 12.3 Å². The minimum atomic E-state index is -1.12. The standard InChI is InChI=1S/C10H11ClFNO/c1-7-4-2-3-5-9(7)13-10(14)8(11)6-12/h2-5,8H,6H2,1H3,(H,13,14). The van der Waals surface area contributed by atoms with Gasteiger partial charge in [0.2, 0.25) is 5.91 Å². The maximum atomic E-state index is 12.0. The smallest absolute Gasteiger partial charge is 0.245 e. The molecule has 0 fully saturated rings. The molecule has 14 heavy (non-hydrogen) atoms. The first-order chi connectivity index (χ1) is 6.65. The van der Waals surface area contributed by atoms with E-state index in [1.54, 1.807) is 12.1 Å². The first-order valence-electron chi connectivity index (χ1n) is 4.21. The van der Waals surface area contributed by atoms with Gasteiger partial charge in [0.15, 0.2) is 0 Å². The molecular formula is C10H11ClFNO. The average Bonchev–Trinajstić information content (AvgIpc) is 2.20. The molecule has 1 amide bonds. The molecule has 2 nitrogen and oxygen atoms in total. The van der Waals surface area contributed by atoms with Crippen molar-refractivity contribution < 1.29 is 9.18 Å². The van der Waals surface area contributed by atoms with E-state index in [4.69, 9.17) is 11.6 Å². The second-order valence-corrected chi connectivity index (χ2v) is 3.45. The number of benzene rings is 1. The van der Waals surface area contributed by atoms with Crippen LogP contribution in [0.25, 0.3) is 0 Å². The van der Waals surface area contributed by atoms with Gasteiger partial charge in [-0.25, -0.2) is 4.39 Å². The van der Waals surface area contributed by atoms with Crippen LogP contribution in [-0.2, 0) is 4.79 Å². The zero-order valence-electron chi connectivity index (χ0n) is 7.76. The summed E-state index contributed by atoms with van der Waals surface area (Å²) < 4.78 is 12.0. The quantitative estimate of drug-likeness (QED) is 0.772. The first kappa shape index (κ1) is 11.0. The van der Waals surface area contributed by atoms with Gasteiger partial charge in [-0.3, -0.25) is 4.79 Å². The number of para-hydroxylation sites is 1. The van der Waals surface area contributed by atoms with Crippen LogP contribution >= 0.6 is 11.6 Å². The topological polar surface area (TPSA) is 29.1 Å². The summed E-state index contributed by atoms with van der Waals surface area (Å²) in [5.74, 6) is -0.511. The Morgan fingerprint density at radius 3 is 2.79 bits per heavy atom. The summed E-state index contributed by atoms with van der Waals surface area (Å²) in [6.45, 7) is 0.994. The Hall–Kier alpha value is -1.09. The van der Waals surface area contributed by atoms with Crippen LogP contribution in [0.1, 0.15) is 5.56 Å². The summed E-state index contributed by atoms with van der Waals surface area (Å²) in [7, 11) is 0. The third-order valence-electron chi connectivity index (χ3n) is 1.82. The van der Waals surface area contributed by atoms with Crippen LogP contribution in [0.3, 0.4) is 0 Å². The minimum absolute atomic E-state index is 0.511. The number of hydrogen-bond donors (Lipinski definition) is 1. The van der Waals surface area contributed by atoms with Crippen LogP contribution < -0.4 is 5.32 Å². The molecular weight excluding hydrogens is 205 g/mol. The van der Waals surface area contributed by atoms with Crippen molar-refractivity contribution >= 4 is 23.2 Å². The molecule has 0 aliphatic heterocycles. The van der Waals surface area contributed by atoms with Gasteiger partial charge in [-0.2, -0.15) is 0 Å². The van der Waals surface area contributed by atoms with E-state index in [9.17, 15) is 9.18 Å².